The minimum atomic E-state index is -1.65. The number of amides is 1. The summed E-state index contributed by atoms with van der Waals surface area (Å²) in [6, 6.07) is 15.3. The summed E-state index contributed by atoms with van der Waals surface area (Å²) >= 11 is 0. The molecule has 5 rings (SSSR count). The van der Waals surface area contributed by atoms with Crippen LogP contribution in [0.4, 0.5) is 0 Å². The summed E-state index contributed by atoms with van der Waals surface area (Å²) in [5.41, 5.74) is 3.30. The van der Waals surface area contributed by atoms with Gasteiger partial charge in [0, 0.05) is 38.6 Å². The lowest BCUT2D eigenvalue weighted by Gasteiger charge is -2.16. The third kappa shape index (κ3) is 2.82. The fraction of sp³-hybridized carbons (Fsp3) is 0.227. The molecule has 1 aliphatic rings. The van der Waals surface area contributed by atoms with E-state index in [0.717, 1.165) is 27.8 Å². The third-order valence-electron chi connectivity index (χ3n) is 5.41. The normalized spacial score (nSPS) is 19.4. The van der Waals surface area contributed by atoms with Gasteiger partial charge in [0.05, 0.1) is 0 Å². The van der Waals surface area contributed by atoms with E-state index in [2.05, 4.69) is 10.1 Å². The van der Waals surface area contributed by atoms with Crippen LogP contribution in [0.1, 0.15) is 18.1 Å². The van der Waals surface area contributed by atoms with E-state index in [1.807, 2.05) is 49.4 Å². The van der Waals surface area contributed by atoms with Crippen molar-refractivity contribution in [3.05, 3.63) is 60.2 Å². The second-order valence-corrected chi connectivity index (χ2v) is 7.41. The van der Waals surface area contributed by atoms with Gasteiger partial charge in [0.15, 0.2) is 17.2 Å². The van der Waals surface area contributed by atoms with Crippen molar-refractivity contribution in [3.8, 4) is 22.4 Å². The first-order valence-corrected chi connectivity index (χ1v) is 9.37. The van der Waals surface area contributed by atoms with Gasteiger partial charge >= 0.3 is 0 Å². The first-order valence-electron chi connectivity index (χ1n) is 9.37. The Morgan fingerprint density at radius 2 is 1.90 bits per heavy atom. The molecular weight excluding hydrogens is 370 g/mol. The van der Waals surface area contributed by atoms with Crippen LogP contribution in [0.15, 0.2) is 57.5 Å². The van der Waals surface area contributed by atoms with Crippen molar-refractivity contribution in [1.29, 1.82) is 0 Å². The number of fused-ring (bicyclic) bond motifs is 1. The molecule has 1 atom stereocenters. The van der Waals surface area contributed by atoms with Gasteiger partial charge < -0.3 is 18.9 Å². The Balaban J connectivity index is 1.50. The zero-order chi connectivity index (χ0) is 20.2. The molecule has 2 aromatic carbocycles. The van der Waals surface area contributed by atoms with E-state index in [4.69, 9.17) is 8.94 Å². The molecule has 0 spiro atoms. The molecule has 2 aromatic heterocycles. The zero-order valence-electron chi connectivity index (χ0n) is 16.0. The number of rotatable bonds is 3. The van der Waals surface area contributed by atoms with E-state index in [-0.39, 0.29) is 18.1 Å². The second-order valence-electron chi connectivity index (χ2n) is 7.41. The molecule has 0 unspecified atom stereocenters. The number of aryl methyl sites for hydroxylation is 1. The number of likely N-dealkylation sites (tertiary alicyclic amines) is 1. The van der Waals surface area contributed by atoms with Crippen molar-refractivity contribution in [2.45, 2.75) is 18.9 Å². The summed E-state index contributed by atoms with van der Waals surface area (Å²) in [4.78, 5) is 18.2. The SMILES string of the molecule is Cc1nc2cc(-c3cccc(-c4cc([C@]5(O)CCN(C)C5=O)on4)c3)ccc2o1. The standard InChI is InChI=1S/C22H19N3O4/c1-13-23-18-11-15(6-7-19(18)28-13)14-4-3-5-16(10-14)17-12-20(29-24-17)22(27)8-9-25(2)21(22)26/h3-7,10-12,27H,8-9H2,1-2H3/t22-/m1/s1. The monoisotopic (exact) mass is 389 g/mol. The molecule has 1 saturated heterocycles. The average molecular weight is 389 g/mol. The average Bonchev–Trinajstić information content (AvgIpc) is 3.42. The van der Waals surface area contributed by atoms with Gasteiger partial charge in [-0.2, -0.15) is 0 Å². The molecule has 1 aliphatic heterocycles. The number of carbonyl (C=O) groups excluding carboxylic acids is 1. The van der Waals surface area contributed by atoms with E-state index in [1.165, 1.54) is 4.90 Å². The number of aromatic nitrogens is 2. The van der Waals surface area contributed by atoms with Gasteiger partial charge in [-0.1, -0.05) is 29.4 Å². The second kappa shape index (κ2) is 6.28. The summed E-state index contributed by atoms with van der Waals surface area (Å²) in [6.07, 6.45) is 0.286. The van der Waals surface area contributed by atoms with Crippen LogP contribution in [0.2, 0.25) is 0 Å². The van der Waals surface area contributed by atoms with Gasteiger partial charge in [0.2, 0.25) is 5.60 Å². The number of benzene rings is 2. The smallest absolute Gasteiger partial charge is 0.262 e. The maximum absolute atomic E-state index is 12.3. The first kappa shape index (κ1) is 17.6. The zero-order valence-corrected chi connectivity index (χ0v) is 16.0. The summed E-state index contributed by atoms with van der Waals surface area (Å²) in [5, 5.41) is 14.8. The fourth-order valence-corrected chi connectivity index (χ4v) is 3.77. The Kier molecular flexibility index (Phi) is 3.82. The van der Waals surface area contributed by atoms with Crippen LogP contribution in [0, 0.1) is 6.92 Å². The molecule has 29 heavy (non-hydrogen) atoms. The molecule has 0 saturated carbocycles. The molecule has 0 bridgehead atoms. The maximum Gasteiger partial charge on any atom is 0.262 e. The van der Waals surface area contributed by atoms with Crippen LogP contribution in [0.3, 0.4) is 0 Å². The Labute approximate surface area is 166 Å². The number of hydrogen-bond acceptors (Lipinski definition) is 6. The Bertz CT molecular complexity index is 1240. The molecular formula is C22H19N3O4. The first-order chi connectivity index (χ1) is 13.9. The van der Waals surface area contributed by atoms with Crippen LogP contribution in [-0.2, 0) is 10.4 Å². The summed E-state index contributed by atoms with van der Waals surface area (Å²) in [5.74, 6) is 0.433. The topological polar surface area (TPSA) is 92.6 Å². The molecule has 0 aliphatic carbocycles. The summed E-state index contributed by atoms with van der Waals surface area (Å²) in [7, 11) is 1.66. The molecule has 1 N–H and O–H groups in total. The maximum atomic E-state index is 12.3. The minimum Gasteiger partial charge on any atom is -0.441 e. The van der Waals surface area contributed by atoms with Gasteiger partial charge in [-0.3, -0.25) is 4.79 Å². The van der Waals surface area contributed by atoms with Gasteiger partial charge in [-0.05, 0) is 29.3 Å². The van der Waals surface area contributed by atoms with Gasteiger partial charge in [0.25, 0.3) is 5.91 Å². The van der Waals surface area contributed by atoms with Crippen molar-refractivity contribution in [2.24, 2.45) is 0 Å². The van der Waals surface area contributed by atoms with E-state index in [9.17, 15) is 9.90 Å². The number of oxazole rings is 1. The highest BCUT2D eigenvalue weighted by atomic mass is 16.5. The van der Waals surface area contributed by atoms with Crippen LogP contribution in [-0.4, -0.2) is 39.6 Å². The lowest BCUT2D eigenvalue weighted by molar-refractivity contribution is -0.144. The number of hydrogen-bond donors (Lipinski definition) is 1. The highest BCUT2D eigenvalue weighted by molar-refractivity contribution is 5.88. The molecule has 7 nitrogen and oxygen atoms in total. The van der Waals surface area contributed by atoms with Crippen molar-refractivity contribution in [3.63, 3.8) is 0 Å². The van der Waals surface area contributed by atoms with Crippen molar-refractivity contribution >= 4 is 17.0 Å². The number of likely N-dealkylation sites (N-methyl/N-ethyl adjacent to an activating group) is 1. The van der Waals surface area contributed by atoms with E-state index >= 15 is 0 Å². The molecule has 1 fully saturated rings. The Morgan fingerprint density at radius 3 is 2.69 bits per heavy atom. The van der Waals surface area contributed by atoms with Crippen molar-refractivity contribution in [2.75, 3.05) is 13.6 Å². The van der Waals surface area contributed by atoms with Crippen LogP contribution in [0.25, 0.3) is 33.5 Å². The third-order valence-corrected chi connectivity index (χ3v) is 5.41. The van der Waals surface area contributed by atoms with E-state index in [0.29, 0.717) is 18.1 Å². The Morgan fingerprint density at radius 1 is 1.10 bits per heavy atom. The molecule has 146 valence electrons. The largest absolute Gasteiger partial charge is 0.441 e. The number of carbonyl (C=O) groups is 1. The van der Waals surface area contributed by atoms with E-state index < -0.39 is 5.60 Å². The van der Waals surface area contributed by atoms with Gasteiger partial charge in [-0.15, -0.1) is 0 Å². The summed E-state index contributed by atoms with van der Waals surface area (Å²) < 4.78 is 10.9. The lowest BCUT2D eigenvalue weighted by atomic mass is 9.97. The molecule has 0 radical (unpaired) electrons. The molecule has 3 heterocycles. The predicted octanol–water partition coefficient (Wildman–Crippen LogP) is 3.51. The molecule has 1 amide bonds. The fourth-order valence-electron chi connectivity index (χ4n) is 3.77. The van der Waals surface area contributed by atoms with Gasteiger partial charge in [-0.25, -0.2) is 4.98 Å². The van der Waals surface area contributed by atoms with Crippen LogP contribution >= 0.6 is 0 Å². The highest BCUT2D eigenvalue weighted by Crippen LogP contribution is 2.35. The number of nitrogens with zero attached hydrogens (tertiary/aromatic N) is 3. The lowest BCUT2D eigenvalue weighted by Crippen LogP contribution is -2.35. The number of aliphatic hydroxyl groups is 1. The van der Waals surface area contributed by atoms with E-state index in [1.54, 1.807) is 13.1 Å². The molecule has 4 aromatic rings. The highest BCUT2D eigenvalue weighted by Gasteiger charge is 2.48. The van der Waals surface area contributed by atoms with Crippen molar-refractivity contribution in [1.82, 2.24) is 15.0 Å². The quantitative estimate of drug-likeness (QED) is 0.576. The van der Waals surface area contributed by atoms with Gasteiger partial charge in [0.1, 0.15) is 11.2 Å². The minimum absolute atomic E-state index is 0.173. The van der Waals surface area contributed by atoms with Crippen LogP contribution < -0.4 is 0 Å². The van der Waals surface area contributed by atoms with Crippen molar-refractivity contribution < 1.29 is 18.8 Å². The summed E-state index contributed by atoms with van der Waals surface area (Å²) in [6.45, 7) is 2.30. The van der Waals surface area contributed by atoms with Crippen LogP contribution in [0.5, 0.6) is 0 Å². The molecule has 7 heteroatoms. The predicted molar refractivity (Wildman–Crippen MR) is 106 cm³/mol. The Hall–Kier alpha value is -3.45.